The molecule has 0 fully saturated rings. The third-order valence-corrected chi connectivity index (χ3v) is 3.83. The Bertz CT molecular complexity index is 652. The van der Waals surface area contributed by atoms with E-state index < -0.39 is 0 Å². The smallest absolute Gasteiger partial charge is 0.179 e. The van der Waals surface area contributed by atoms with Crippen molar-refractivity contribution in [2.24, 2.45) is 0 Å². The quantitative estimate of drug-likeness (QED) is 0.810. The van der Waals surface area contributed by atoms with Gasteiger partial charge < -0.3 is 14.8 Å². The minimum absolute atomic E-state index is 0.314. The molecule has 0 aliphatic rings. The fraction of sp³-hybridized carbons (Fsp3) is 0.200. The molecule has 0 heterocycles. The standard InChI is InChI=1S/C15H14BrClFNO2/c1-20-14-6-9(5-12(17)15(14)21-2)8-19-10-3-4-11(16)13(18)7-10/h3-7,19H,8H2,1-2H3. The van der Waals surface area contributed by atoms with Gasteiger partial charge in [0.1, 0.15) is 5.82 Å². The van der Waals surface area contributed by atoms with Crippen LogP contribution in [0.15, 0.2) is 34.8 Å². The van der Waals surface area contributed by atoms with Gasteiger partial charge in [0, 0.05) is 12.2 Å². The molecule has 2 rings (SSSR count). The molecule has 2 aromatic carbocycles. The maximum absolute atomic E-state index is 13.4. The molecule has 0 radical (unpaired) electrons. The van der Waals surface area contributed by atoms with Gasteiger partial charge in [-0.1, -0.05) is 11.6 Å². The zero-order chi connectivity index (χ0) is 15.4. The van der Waals surface area contributed by atoms with Crippen LogP contribution in [0, 0.1) is 5.82 Å². The lowest BCUT2D eigenvalue weighted by Gasteiger charge is -2.13. The lowest BCUT2D eigenvalue weighted by Crippen LogP contribution is -2.01. The van der Waals surface area contributed by atoms with E-state index in [0.717, 1.165) is 5.56 Å². The minimum Gasteiger partial charge on any atom is -0.493 e. The predicted molar refractivity (Wildman–Crippen MR) is 86.0 cm³/mol. The summed E-state index contributed by atoms with van der Waals surface area (Å²) in [6.07, 6.45) is 0. The molecule has 3 nitrogen and oxygen atoms in total. The summed E-state index contributed by atoms with van der Waals surface area (Å²) in [5.74, 6) is 0.742. The van der Waals surface area contributed by atoms with Crippen molar-refractivity contribution in [3.8, 4) is 11.5 Å². The normalized spacial score (nSPS) is 10.3. The maximum atomic E-state index is 13.4. The second-order valence-corrected chi connectivity index (χ2v) is 5.56. The number of nitrogens with one attached hydrogen (secondary N) is 1. The van der Waals surface area contributed by atoms with Gasteiger partial charge in [-0.15, -0.1) is 0 Å². The summed E-state index contributed by atoms with van der Waals surface area (Å²) >= 11 is 9.26. The Hall–Kier alpha value is -1.46. The average molecular weight is 375 g/mol. The molecule has 0 aliphatic carbocycles. The number of hydrogen-bond acceptors (Lipinski definition) is 3. The number of ether oxygens (including phenoxy) is 2. The van der Waals surface area contributed by atoms with E-state index in [2.05, 4.69) is 21.2 Å². The van der Waals surface area contributed by atoms with Gasteiger partial charge in [0.15, 0.2) is 11.5 Å². The maximum Gasteiger partial charge on any atom is 0.179 e. The molecule has 1 N–H and O–H groups in total. The third kappa shape index (κ3) is 3.80. The molecule has 6 heteroatoms. The van der Waals surface area contributed by atoms with Crippen molar-refractivity contribution >= 4 is 33.2 Å². The van der Waals surface area contributed by atoms with Crippen LogP contribution in [0.4, 0.5) is 10.1 Å². The van der Waals surface area contributed by atoms with Crippen molar-refractivity contribution < 1.29 is 13.9 Å². The first kappa shape index (κ1) is 15.9. The van der Waals surface area contributed by atoms with Gasteiger partial charge in [0.25, 0.3) is 0 Å². The molecule has 0 saturated heterocycles. The van der Waals surface area contributed by atoms with Crippen molar-refractivity contribution in [2.45, 2.75) is 6.54 Å². The predicted octanol–water partition coefficient (Wildman–Crippen LogP) is 4.87. The van der Waals surface area contributed by atoms with Gasteiger partial charge in [-0.3, -0.25) is 0 Å². The molecule has 21 heavy (non-hydrogen) atoms. The van der Waals surface area contributed by atoms with E-state index in [0.29, 0.717) is 33.2 Å². The van der Waals surface area contributed by atoms with Crippen LogP contribution in [0.5, 0.6) is 11.5 Å². The highest BCUT2D eigenvalue weighted by molar-refractivity contribution is 9.10. The summed E-state index contributed by atoms with van der Waals surface area (Å²) in [6.45, 7) is 0.487. The van der Waals surface area contributed by atoms with Gasteiger partial charge in [-0.05, 0) is 51.8 Å². The molecular weight excluding hydrogens is 361 g/mol. The number of rotatable bonds is 5. The van der Waals surface area contributed by atoms with E-state index in [1.807, 2.05) is 6.07 Å². The molecule has 0 atom stereocenters. The fourth-order valence-corrected chi connectivity index (χ4v) is 2.44. The summed E-state index contributed by atoms with van der Waals surface area (Å²) in [5.41, 5.74) is 1.59. The zero-order valence-corrected chi connectivity index (χ0v) is 13.9. The Morgan fingerprint density at radius 1 is 1.19 bits per heavy atom. The number of methoxy groups -OCH3 is 2. The number of hydrogen-bond donors (Lipinski definition) is 1. The molecule has 112 valence electrons. The first-order valence-electron chi connectivity index (χ1n) is 6.14. The van der Waals surface area contributed by atoms with Crippen molar-refractivity contribution in [2.75, 3.05) is 19.5 Å². The van der Waals surface area contributed by atoms with Crippen LogP contribution >= 0.6 is 27.5 Å². The van der Waals surface area contributed by atoms with Crippen molar-refractivity contribution in [3.05, 3.63) is 51.2 Å². The lowest BCUT2D eigenvalue weighted by molar-refractivity contribution is 0.355. The number of halogens is 3. The highest BCUT2D eigenvalue weighted by Gasteiger charge is 2.11. The molecular formula is C15H14BrClFNO2. The van der Waals surface area contributed by atoms with E-state index in [-0.39, 0.29) is 5.82 Å². The first-order chi connectivity index (χ1) is 10.0. The highest BCUT2D eigenvalue weighted by Crippen LogP contribution is 2.36. The van der Waals surface area contributed by atoms with Gasteiger partial charge in [-0.25, -0.2) is 4.39 Å². The highest BCUT2D eigenvalue weighted by atomic mass is 79.9. The van der Waals surface area contributed by atoms with Crippen LogP contribution in [0.3, 0.4) is 0 Å². The van der Waals surface area contributed by atoms with E-state index in [1.54, 1.807) is 25.3 Å². The first-order valence-corrected chi connectivity index (χ1v) is 7.31. The zero-order valence-electron chi connectivity index (χ0n) is 11.5. The largest absolute Gasteiger partial charge is 0.493 e. The Labute approximate surface area is 136 Å². The topological polar surface area (TPSA) is 30.5 Å². The Morgan fingerprint density at radius 2 is 1.95 bits per heavy atom. The molecule has 0 saturated carbocycles. The van der Waals surface area contributed by atoms with Gasteiger partial charge >= 0.3 is 0 Å². The summed E-state index contributed by atoms with van der Waals surface area (Å²) in [4.78, 5) is 0. The van der Waals surface area contributed by atoms with Gasteiger partial charge in [0.2, 0.25) is 0 Å². The van der Waals surface area contributed by atoms with Crippen LogP contribution < -0.4 is 14.8 Å². The van der Waals surface area contributed by atoms with Crippen molar-refractivity contribution in [1.29, 1.82) is 0 Å². The SMILES string of the molecule is COc1cc(CNc2ccc(Br)c(F)c2)cc(Cl)c1OC. The van der Waals surface area contributed by atoms with E-state index >= 15 is 0 Å². The Kier molecular flexibility index (Phi) is 5.31. The minimum atomic E-state index is -0.314. The second-order valence-electron chi connectivity index (χ2n) is 4.30. The fourth-order valence-electron chi connectivity index (χ4n) is 1.88. The monoisotopic (exact) mass is 373 g/mol. The van der Waals surface area contributed by atoms with Crippen molar-refractivity contribution in [3.63, 3.8) is 0 Å². The molecule has 0 aromatic heterocycles. The summed E-state index contributed by atoms with van der Waals surface area (Å²) in [6, 6.07) is 8.47. The van der Waals surface area contributed by atoms with Crippen molar-refractivity contribution in [1.82, 2.24) is 0 Å². The molecule has 2 aromatic rings. The molecule has 0 unspecified atom stereocenters. The Balaban J connectivity index is 2.16. The lowest BCUT2D eigenvalue weighted by atomic mass is 10.2. The molecule has 0 spiro atoms. The van der Waals surface area contributed by atoms with Gasteiger partial charge in [0.05, 0.1) is 23.7 Å². The molecule has 0 bridgehead atoms. The van der Waals surface area contributed by atoms with Crippen LogP contribution in [0.1, 0.15) is 5.56 Å². The second kappa shape index (κ2) is 7.00. The van der Waals surface area contributed by atoms with Crippen LogP contribution in [0.25, 0.3) is 0 Å². The van der Waals surface area contributed by atoms with E-state index in [4.69, 9.17) is 21.1 Å². The van der Waals surface area contributed by atoms with E-state index in [9.17, 15) is 4.39 Å². The molecule has 0 aliphatic heterocycles. The van der Waals surface area contributed by atoms with Crippen LogP contribution in [-0.2, 0) is 6.54 Å². The third-order valence-electron chi connectivity index (χ3n) is 2.91. The molecule has 0 amide bonds. The summed E-state index contributed by atoms with van der Waals surface area (Å²) < 4.78 is 24.3. The van der Waals surface area contributed by atoms with Crippen LogP contribution in [0.2, 0.25) is 5.02 Å². The van der Waals surface area contributed by atoms with E-state index in [1.165, 1.54) is 13.2 Å². The number of benzene rings is 2. The van der Waals surface area contributed by atoms with Crippen LogP contribution in [-0.4, -0.2) is 14.2 Å². The summed E-state index contributed by atoms with van der Waals surface area (Å²) in [5, 5.41) is 3.60. The number of anilines is 1. The average Bonchev–Trinajstić information content (AvgIpc) is 2.47. The summed E-state index contributed by atoms with van der Waals surface area (Å²) in [7, 11) is 3.09. The van der Waals surface area contributed by atoms with Gasteiger partial charge in [-0.2, -0.15) is 0 Å². The Morgan fingerprint density at radius 3 is 2.57 bits per heavy atom.